The molecule has 0 aliphatic carbocycles. The molecule has 0 atom stereocenters. The maximum atomic E-state index is 12.6. The van der Waals surface area contributed by atoms with Gasteiger partial charge in [-0.2, -0.15) is 0 Å². The molecule has 6 heteroatoms. The van der Waals surface area contributed by atoms with Crippen LogP contribution >= 0.6 is 11.6 Å². The van der Waals surface area contributed by atoms with Gasteiger partial charge in [0.2, 0.25) is 0 Å². The number of hydrogen-bond acceptors (Lipinski definition) is 4. The monoisotopic (exact) mass is 402 g/mol. The third-order valence-electron chi connectivity index (χ3n) is 4.97. The smallest absolute Gasteiger partial charge is 0.251 e. The number of amides is 1. The van der Waals surface area contributed by atoms with Gasteiger partial charge in [-0.3, -0.25) is 9.69 Å². The molecule has 3 rings (SSSR count). The third-order valence-corrected chi connectivity index (χ3v) is 5.22. The van der Waals surface area contributed by atoms with Gasteiger partial charge in [-0.05, 0) is 55.7 Å². The van der Waals surface area contributed by atoms with E-state index in [0.717, 1.165) is 37.5 Å². The number of halogens is 1. The number of carbonyl (C=O) groups excluding carboxylic acids is 1. The minimum absolute atomic E-state index is 0.0718. The highest BCUT2D eigenvalue weighted by Gasteiger charge is 2.21. The predicted molar refractivity (Wildman–Crippen MR) is 111 cm³/mol. The van der Waals surface area contributed by atoms with Gasteiger partial charge >= 0.3 is 0 Å². The van der Waals surface area contributed by atoms with E-state index < -0.39 is 0 Å². The molecule has 2 aromatic rings. The van der Waals surface area contributed by atoms with E-state index in [1.54, 1.807) is 25.3 Å². The lowest BCUT2D eigenvalue weighted by molar-refractivity contribution is 0.0908. The zero-order valence-corrected chi connectivity index (χ0v) is 17.2. The van der Waals surface area contributed by atoms with Gasteiger partial charge in [-0.25, -0.2) is 0 Å². The van der Waals surface area contributed by atoms with Crippen LogP contribution in [-0.2, 0) is 6.54 Å². The van der Waals surface area contributed by atoms with Gasteiger partial charge in [-0.1, -0.05) is 23.7 Å². The molecular weight excluding hydrogens is 376 g/mol. The molecule has 28 heavy (non-hydrogen) atoms. The highest BCUT2D eigenvalue weighted by Crippen LogP contribution is 2.28. The normalized spacial score (nSPS) is 15.2. The van der Waals surface area contributed by atoms with Gasteiger partial charge in [0.1, 0.15) is 0 Å². The molecule has 0 bridgehead atoms. The van der Waals surface area contributed by atoms with Gasteiger partial charge in [0.15, 0.2) is 11.5 Å². The van der Waals surface area contributed by atoms with E-state index >= 15 is 0 Å². The Bertz CT molecular complexity index is 787. The molecule has 5 nitrogen and oxygen atoms in total. The summed E-state index contributed by atoms with van der Waals surface area (Å²) >= 11 is 5.95. The van der Waals surface area contributed by atoms with Crippen molar-refractivity contribution in [3.63, 3.8) is 0 Å². The standard InChI is InChI=1S/C22H27ClN2O3/c1-3-28-20-9-6-17(14-21(20)27-2)22(26)24-19-10-12-25(13-11-19)15-16-4-7-18(23)8-5-16/h4-9,14,19H,3,10-13,15H2,1-2H3,(H,24,26). The van der Waals surface area contributed by atoms with Crippen molar-refractivity contribution in [1.29, 1.82) is 0 Å². The summed E-state index contributed by atoms with van der Waals surface area (Å²) in [6.45, 7) is 5.30. The molecule has 1 saturated heterocycles. The van der Waals surface area contributed by atoms with Crippen molar-refractivity contribution in [3.8, 4) is 11.5 Å². The molecule has 0 saturated carbocycles. The number of hydrogen-bond donors (Lipinski definition) is 1. The number of piperidine rings is 1. The Balaban J connectivity index is 1.51. The van der Waals surface area contributed by atoms with Gasteiger partial charge in [0.25, 0.3) is 5.91 Å². The first-order valence-corrected chi connectivity index (χ1v) is 10.1. The van der Waals surface area contributed by atoms with E-state index in [1.807, 2.05) is 19.1 Å². The molecule has 1 N–H and O–H groups in total. The second-order valence-electron chi connectivity index (χ2n) is 6.95. The Hall–Kier alpha value is -2.24. The van der Waals surface area contributed by atoms with Crippen LogP contribution in [0.1, 0.15) is 35.7 Å². The summed E-state index contributed by atoms with van der Waals surface area (Å²) in [4.78, 5) is 15.0. The fourth-order valence-corrected chi connectivity index (χ4v) is 3.56. The van der Waals surface area contributed by atoms with Crippen LogP contribution in [0.4, 0.5) is 0 Å². The quantitative estimate of drug-likeness (QED) is 0.756. The summed E-state index contributed by atoms with van der Waals surface area (Å²) in [7, 11) is 1.58. The molecule has 150 valence electrons. The molecule has 0 spiro atoms. The highest BCUT2D eigenvalue weighted by molar-refractivity contribution is 6.30. The van der Waals surface area contributed by atoms with Crippen molar-refractivity contribution in [3.05, 3.63) is 58.6 Å². The first kappa shape index (κ1) is 20.5. The minimum Gasteiger partial charge on any atom is -0.493 e. The maximum absolute atomic E-state index is 12.6. The lowest BCUT2D eigenvalue weighted by Crippen LogP contribution is -2.44. The van der Waals surface area contributed by atoms with Crippen molar-refractivity contribution < 1.29 is 14.3 Å². The zero-order valence-electron chi connectivity index (χ0n) is 16.4. The van der Waals surface area contributed by atoms with Crippen LogP contribution in [-0.4, -0.2) is 43.7 Å². The molecule has 1 aliphatic heterocycles. The Labute approximate surface area is 171 Å². The van der Waals surface area contributed by atoms with Gasteiger partial charge in [0.05, 0.1) is 13.7 Å². The SMILES string of the molecule is CCOc1ccc(C(=O)NC2CCN(Cc3ccc(Cl)cc3)CC2)cc1OC. The minimum atomic E-state index is -0.0718. The van der Waals surface area contributed by atoms with E-state index in [1.165, 1.54) is 5.56 Å². The Morgan fingerprint density at radius 3 is 2.50 bits per heavy atom. The number of benzene rings is 2. The maximum Gasteiger partial charge on any atom is 0.251 e. The first-order chi connectivity index (χ1) is 13.6. The number of nitrogens with zero attached hydrogens (tertiary/aromatic N) is 1. The number of carbonyl (C=O) groups is 1. The van der Waals surface area contributed by atoms with Crippen molar-refractivity contribution in [2.75, 3.05) is 26.8 Å². The van der Waals surface area contributed by atoms with E-state index in [9.17, 15) is 4.79 Å². The van der Waals surface area contributed by atoms with Crippen molar-refractivity contribution >= 4 is 17.5 Å². The van der Waals surface area contributed by atoms with Crippen LogP contribution in [0.15, 0.2) is 42.5 Å². The Kier molecular flexibility index (Phi) is 7.18. The van der Waals surface area contributed by atoms with E-state index in [-0.39, 0.29) is 11.9 Å². The van der Waals surface area contributed by atoms with E-state index in [2.05, 4.69) is 22.3 Å². The van der Waals surface area contributed by atoms with Crippen LogP contribution in [0, 0.1) is 0 Å². The summed E-state index contributed by atoms with van der Waals surface area (Å²) in [5, 5.41) is 3.91. The first-order valence-electron chi connectivity index (χ1n) is 9.67. The summed E-state index contributed by atoms with van der Waals surface area (Å²) in [5.74, 6) is 1.15. The van der Waals surface area contributed by atoms with Crippen molar-refractivity contribution in [2.24, 2.45) is 0 Å². The van der Waals surface area contributed by atoms with E-state index in [4.69, 9.17) is 21.1 Å². The van der Waals surface area contributed by atoms with Crippen LogP contribution in [0.5, 0.6) is 11.5 Å². The summed E-state index contributed by atoms with van der Waals surface area (Å²) in [6.07, 6.45) is 1.88. The largest absolute Gasteiger partial charge is 0.493 e. The Morgan fingerprint density at radius 2 is 1.86 bits per heavy atom. The average Bonchev–Trinajstić information content (AvgIpc) is 2.71. The molecule has 1 amide bonds. The Morgan fingerprint density at radius 1 is 1.14 bits per heavy atom. The molecular formula is C22H27ClN2O3. The zero-order chi connectivity index (χ0) is 19.9. The summed E-state index contributed by atoms with van der Waals surface area (Å²) < 4.78 is 10.8. The number of rotatable bonds is 7. The fourth-order valence-electron chi connectivity index (χ4n) is 3.44. The molecule has 0 radical (unpaired) electrons. The van der Waals surface area contributed by atoms with E-state index in [0.29, 0.717) is 23.7 Å². The van der Waals surface area contributed by atoms with Gasteiger partial charge in [0, 0.05) is 36.3 Å². The van der Waals surface area contributed by atoms with Crippen molar-refractivity contribution in [2.45, 2.75) is 32.4 Å². The third kappa shape index (κ3) is 5.40. The molecule has 0 aromatic heterocycles. The molecule has 0 unspecified atom stereocenters. The second kappa shape index (κ2) is 9.80. The summed E-state index contributed by atoms with van der Waals surface area (Å²) in [6, 6.07) is 13.5. The van der Waals surface area contributed by atoms with Crippen molar-refractivity contribution in [1.82, 2.24) is 10.2 Å². The van der Waals surface area contributed by atoms with Crippen LogP contribution < -0.4 is 14.8 Å². The fraction of sp³-hybridized carbons (Fsp3) is 0.409. The lowest BCUT2D eigenvalue weighted by atomic mass is 10.0. The predicted octanol–water partition coefficient (Wildman–Crippen LogP) is 4.14. The molecule has 1 aliphatic rings. The van der Waals surface area contributed by atoms with Crippen LogP contribution in [0.2, 0.25) is 5.02 Å². The molecule has 2 aromatic carbocycles. The van der Waals surface area contributed by atoms with Gasteiger partial charge in [-0.15, -0.1) is 0 Å². The molecule has 1 fully saturated rings. The number of likely N-dealkylation sites (tertiary alicyclic amines) is 1. The highest BCUT2D eigenvalue weighted by atomic mass is 35.5. The lowest BCUT2D eigenvalue weighted by Gasteiger charge is -2.32. The summed E-state index contributed by atoms with van der Waals surface area (Å²) in [5.41, 5.74) is 1.84. The van der Waals surface area contributed by atoms with Gasteiger partial charge < -0.3 is 14.8 Å². The average molecular weight is 403 g/mol. The second-order valence-corrected chi connectivity index (χ2v) is 7.39. The number of nitrogens with one attached hydrogen (secondary N) is 1. The topological polar surface area (TPSA) is 50.8 Å². The molecule has 1 heterocycles. The number of ether oxygens (including phenoxy) is 2. The van der Waals surface area contributed by atoms with Crippen LogP contribution in [0.3, 0.4) is 0 Å². The van der Waals surface area contributed by atoms with Crippen LogP contribution in [0.25, 0.3) is 0 Å². The number of methoxy groups -OCH3 is 1.